The Hall–Kier alpha value is -0.900. The van der Waals surface area contributed by atoms with Crippen molar-refractivity contribution in [3.63, 3.8) is 0 Å². The maximum Gasteiger partial charge on any atom is 0.418 e. The van der Waals surface area contributed by atoms with Crippen LogP contribution in [0.1, 0.15) is 31.2 Å². The largest absolute Gasteiger partial charge is 0.418 e. The summed E-state index contributed by atoms with van der Waals surface area (Å²) in [4.78, 5) is 0. The zero-order valence-electron chi connectivity index (χ0n) is 10.5. The van der Waals surface area contributed by atoms with Gasteiger partial charge in [0.15, 0.2) is 0 Å². The molecule has 0 amide bonds. The molecule has 0 saturated heterocycles. The first-order chi connectivity index (χ1) is 8.97. The minimum absolute atomic E-state index is 0.169. The van der Waals surface area contributed by atoms with E-state index in [4.69, 9.17) is 11.6 Å². The Morgan fingerprint density at radius 2 is 1.74 bits per heavy atom. The number of rotatable bonds is 3. The minimum atomic E-state index is -4.31. The molecule has 1 fully saturated rings. The molecule has 19 heavy (non-hydrogen) atoms. The predicted molar refractivity (Wildman–Crippen MR) is 71.5 cm³/mol. The van der Waals surface area contributed by atoms with Crippen molar-refractivity contribution in [1.29, 1.82) is 0 Å². The van der Waals surface area contributed by atoms with Crippen LogP contribution in [-0.4, -0.2) is 11.9 Å². The van der Waals surface area contributed by atoms with Gasteiger partial charge in [-0.2, -0.15) is 13.2 Å². The van der Waals surface area contributed by atoms with Gasteiger partial charge in [0.05, 0.1) is 5.56 Å². The van der Waals surface area contributed by atoms with Crippen LogP contribution in [0.2, 0.25) is 0 Å². The van der Waals surface area contributed by atoms with Gasteiger partial charge in [-0.15, -0.1) is 11.6 Å². The molecule has 0 bridgehead atoms. The van der Waals surface area contributed by atoms with E-state index in [2.05, 4.69) is 5.32 Å². The van der Waals surface area contributed by atoms with Gasteiger partial charge in [0.25, 0.3) is 0 Å². The van der Waals surface area contributed by atoms with E-state index in [0.29, 0.717) is 12.5 Å². The Morgan fingerprint density at radius 3 is 2.37 bits per heavy atom. The molecule has 5 heteroatoms. The fourth-order valence-electron chi connectivity index (χ4n) is 2.46. The first-order valence-electron chi connectivity index (χ1n) is 6.51. The Balaban J connectivity index is 1.96. The quantitative estimate of drug-likeness (QED) is 0.780. The van der Waals surface area contributed by atoms with Crippen LogP contribution in [-0.2, 0) is 6.18 Å². The van der Waals surface area contributed by atoms with Crippen LogP contribution in [0, 0.1) is 5.92 Å². The van der Waals surface area contributed by atoms with Gasteiger partial charge in [0.1, 0.15) is 0 Å². The summed E-state index contributed by atoms with van der Waals surface area (Å²) in [6.45, 7) is 0.580. The Labute approximate surface area is 116 Å². The van der Waals surface area contributed by atoms with Crippen molar-refractivity contribution in [2.24, 2.45) is 5.92 Å². The Kier molecular flexibility index (Phi) is 4.61. The number of para-hydroxylation sites is 1. The first kappa shape index (κ1) is 14.5. The van der Waals surface area contributed by atoms with Gasteiger partial charge in [-0.25, -0.2) is 0 Å². The smallest absolute Gasteiger partial charge is 0.384 e. The van der Waals surface area contributed by atoms with Gasteiger partial charge >= 0.3 is 6.18 Å². The second-order valence-electron chi connectivity index (χ2n) is 5.04. The van der Waals surface area contributed by atoms with Crippen molar-refractivity contribution in [1.82, 2.24) is 0 Å². The summed E-state index contributed by atoms with van der Waals surface area (Å²) in [5.74, 6) is 0.413. The molecule has 1 nitrogen and oxygen atoms in total. The van der Waals surface area contributed by atoms with E-state index in [1.165, 1.54) is 12.1 Å². The second-order valence-corrected chi connectivity index (χ2v) is 5.66. The lowest BCUT2D eigenvalue weighted by Crippen LogP contribution is -2.22. The van der Waals surface area contributed by atoms with E-state index in [1.54, 1.807) is 6.07 Å². The fraction of sp³-hybridized carbons (Fsp3) is 0.571. The molecule has 1 aliphatic rings. The molecule has 0 heterocycles. The number of anilines is 1. The monoisotopic (exact) mass is 291 g/mol. The molecular weight excluding hydrogens is 275 g/mol. The summed E-state index contributed by atoms with van der Waals surface area (Å²) in [7, 11) is 0. The normalized spacial score (nSPS) is 24.2. The van der Waals surface area contributed by atoms with Gasteiger partial charge in [0.2, 0.25) is 0 Å². The highest BCUT2D eigenvalue weighted by Gasteiger charge is 2.33. The predicted octanol–water partition coefficient (Wildman–Crippen LogP) is 4.91. The number of nitrogens with one attached hydrogen (secondary N) is 1. The highest BCUT2D eigenvalue weighted by atomic mass is 35.5. The highest BCUT2D eigenvalue weighted by molar-refractivity contribution is 6.20. The molecule has 0 aliphatic heterocycles. The van der Waals surface area contributed by atoms with Gasteiger partial charge in [-0.05, 0) is 43.7 Å². The molecule has 1 N–H and O–H groups in total. The van der Waals surface area contributed by atoms with Crippen LogP contribution < -0.4 is 5.32 Å². The van der Waals surface area contributed by atoms with Crippen molar-refractivity contribution in [2.75, 3.05) is 11.9 Å². The molecule has 0 aromatic heterocycles. The molecular formula is C14H17ClF3N. The standard InChI is InChI=1S/C14H17ClF3N/c15-11-7-5-10(6-8-11)9-19-13-4-2-1-3-12(13)14(16,17)18/h1-4,10-11,19H,5-9H2. The van der Waals surface area contributed by atoms with E-state index in [1.807, 2.05) is 0 Å². The van der Waals surface area contributed by atoms with Crippen LogP contribution in [0.5, 0.6) is 0 Å². The summed E-state index contributed by atoms with van der Waals surface area (Å²) in [6, 6.07) is 5.62. The van der Waals surface area contributed by atoms with E-state index >= 15 is 0 Å². The number of halogens is 4. The molecule has 1 aromatic rings. The van der Waals surface area contributed by atoms with Crippen LogP contribution >= 0.6 is 11.6 Å². The van der Waals surface area contributed by atoms with Crippen molar-refractivity contribution in [3.8, 4) is 0 Å². The lowest BCUT2D eigenvalue weighted by molar-refractivity contribution is -0.136. The van der Waals surface area contributed by atoms with Crippen LogP contribution in [0.4, 0.5) is 18.9 Å². The molecule has 0 unspecified atom stereocenters. The first-order valence-corrected chi connectivity index (χ1v) is 6.94. The topological polar surface area (TPSA) is 12.0 Å². The van der Waals surface area contributed by atoms with E-state index in [9.17, 15) is 13.2 Å². The highest BCUT2D eigenvalue weighted by Crippen LogP contribution is 2.35. The molecule has 1 aliphatic carbocycles. The summed E-state index contributed by atoms with van der Waals surface area (Å²) in [5.41, 5.74) is -0.427. The average molecular weight is 292 g/mol. The molecule has 0 atom stereocenters. The summed E-state index contributed by atoms with van der Waals surface area (Å²) < 4.78 is 38.4. The number of benzene rings is 1. The third-order valence-electron chi connectivity index (χ3n) is 3.59. The van der Waals surface area contributed by atoms with E-state index < -0.39 is 11.7 Å². The Morgan fingerprint density at radius 1 is 1.11 bits per heavy atom. The van der Waals surface area contributed by atoms with Crippen LogP contribution in [0.25, 0.3) is 0 Å². The van der Waals surface area contributed by atoms with Crippen LogP contribution in [0.3, 0.4) is 0 Å². The fourth-order valence-corrected chi connectivity index (χ4v) is 2.72. The zero-order chi connectivity index (χ0) is 13.9. The number of hydrogen-bond donors (Lipinski definition) is 1. The number of alkyl halides is 4. The van der Waals surface area contributed by atoms with Crippen LogP contribution in [0.15, 0.2) is 24.3 Å². The average Bonchev–Trinajstić information content (AvgIpc) is 2.37. The van der Waals surface area contributed by atoms with Crippen molar-refractivity contribution in [2.45, 2.75) is 37.2 Å². The molecule has 1 saturated carbocycles. The Bertz CT molecular complexity index is 411. The van der Waals surface area contributed by atoms with Crippen molar-refractivity contribution >= 4 is 17.3 Å². The van der Waals surface area contributed by atoms with E-state index in [0.717, 1.165) is 31.7 Å². The van der Waals surface area contributed by atoms with Crippen molar-refractivity contribution < 1.29 is 13.2 Å². The molecule has 1 aromatic carbocycles. The summed E-state index contributed by atoms with van der Waals surface area (Å²) in [6.07, 6.45) is -0.439. The van der Waals surface area contributed by atoms with E-state index in [-0.39, 0.29) is 11.1 Å². The maximum absolute atomic E-state index is 12.8. The lowest BCUT2D eigenvalue weighted by atomic mass is 9.89. The zero-order valence-corrected chi connectivity index (χ0v) is 11.3. The SMILES string of the molecule is FC(F)(F)c1ccccc1NCC1CCC(Cl)CC1. The lowest BCUT2D eigenvalue weighted by Gasteiger charge is -2.26. The second kappa shape index (κ2) is 6.04. The van der Waals surface area contributed by atoms with Crippen molar-refractivity contribution in [3.05, 3.63) is 29.8 Å². The molecule has 2 rings (SSSR count). The van der Waals surface area contributed by atoms with Gasteiger partial charge in [-0.1, -0.05) is 12.1 Å². The summed E-state index contributed by atoms with van der Waals surface area (Å²) >= 11 is 6.02. The minimum Gasteiger partial charge on any atom is -0.384 e. The van der Waals surface area contributed by atoms with Gasteiger partial charge < -0.3 is 5.32 Å². The third kappa shape index (κ3) is 4.03. The number of hydrogen-bond acceptors (Lipinski definition) is 1. The van der Waals surface area contributed by atoms with Gasteiger partial charge in [0, 0.05) is 17.6 Å². The maximum atomic E-state index is 12.8. The molecule has 0 spiro atoms. The molecule has 0 radical (unpaired) electrons. The molecule has 106 valence electrons. The third-order valence-corrected chi connectivity index (χ3v) is 4.03. The summed E-state index contributed by atoms with van der Waals surface area (Å²) in [5, 5.41) is 3.18. The van der Waals surface area contributed by atoms with Gasteiger partial charge in [-0.3, -0.25) is 0 Å².